The molecule has 4 rings (SSSR count). The first-order valence-electron chi connectivity index (χ1n) is 11.6. The van der Waals surface area contributed by atoms with Crippen molar-refractivity contribution in [1.82, 2.24) is 25.0 Å². The number of benzene rings is 2. The van der Waals surface area contributed by atoms with Gasteiger partial charge < -0.3 is 14.6 Å². The first-order chi connectivity index (χ1) is 16.0. The molecule has 33 heavy (non-hydrogen) atoms. The summed E-state index contributed by atoms with van der Waals surface area (Å²) in [6.07, 6.45) is 0.839. The van der Waals surface area contributed by atoms with E-state index in [0.29, 0.717) is 0 Å². The van der Waals surface area contributed by atoms with Crippen molar-refractivity contribution >= 4 is 5.91 Å². The highest BCUT2D eigenvalue weighted by atomic mass is 16.5. The Hall–Kier alpha value is -3.03. The molecule has 1 aromatic heterocycles. The van der Waals surface area contributed by atoms with Gasteiger partial charge in [-0.2, -0.15) is 0 Å². The maximum absolute atomic E-state index is 12.2. The average Bonchev–Trinajstić information content (AvgIpc) is 3.12. The number of carbonyl (C=O) groups excluding carboxylic acids is 1. The van der Waals surface area contributed by atoms with E-state index >= 15 is 0 Å². The molecule has 0 spiro atoms. The van der Waals surface area contributed by atoms with Gasteiger partial charge >= 0.3 is 0 Å². The van der Waals surface area contributed by atoms with Crippen LogP contribution in [0.1, 0.15) is 37.1 Å². The van der Waals surface area contributed by atoms with Gasteiger partial charge in [0, 0.05) is 39.7 Å². The van der Waals surface area contributed by atoms with Crippen molar-refractivity contribution in [3.05, 3.63) is 71.8 Å². The highest BCUT2D eigenvalue weighted by Gasteiger charge is 2.27. The van der Waals surface area contributed by atoms with Crippen LogP contribution in [0.15, 0.2) is 54.6 Å². The lowest BCUT2D eigenvalue weighted by Crippen LogP contribution is -2.36. The monoisotopic (exact) mass is 447 g/mol. The first kappa shape index (κ1) is 23.1. The highest BCUT2D eigenvalue weighted by Crippen LogP contribution is 2.24. The van der Waals surface area contributed by atoms with Gasteiger partial charge in [0.1, 0.15) is 12.4 Å². The number of hydrogen-bond donors (Lipinski definition) is 1. The lowest BCUT2D eigenvalue weighted by atomic mass is 10.0. The summed E-state index contributed by atoms with van der Waals surface area (Å²) in [5.41, 5.74) is 3.78. The van der Waals surface area contributed by atoms with Gasteiger partial charge in [0.05, 0.1) is 6.04 Å². The van der Waals surface area contributed by atoms with Crippen LogP contribution >= 0.6 is 0 Å². The third kappa shape index (κ3) is 5.67. The molecule has 0 saturated carbocycles. The molecular weight excluding hydrogens is 414 g/mol. The molecule has 7 nitrogen and oxygen atoms in total. The molecule has 1 unspecified atom stereocenters. The molecule has 174 valence electrons. The van der Waals surface area contributed by atoms with Gasteiger partial charge in [0.15, 0.2) is 5.82 Å². The Kier molecular flexibility index (Phi) is 7.52. The van der Waals surface area contributed by atoms with E-state index in [9.17, 15) is 4.79 Å². The van der Waals surface area contributed by atoms with Crippen LogP contribution in [0.25, 0.3) is 11.1 Å². The van der Waals surface area contributed by atoms with Gasteiger partial charge in [-0.1, -0.05) is 68.4 Å². The lowest BCUT2D eigenvalue weighted by Gasteiger charge is -2.23. The van der Waals surface area contributed by atoms with Crippen molar-refractivity contribution in [3.8, 4) is 11.1 Å². The minimum absolute atomic E-state index is 0.0427. The topological polar surface area (TPSA) is 72.3 Å². The van der Waals surface area contributed by atoms with Crippen molar-refractivity contribution in [2.45, 2.75) is 39.4 Å². The van der Waals surface area contributed by atoms with Crippen LogP contribution in [0.3, 0.4) is 0 Å². The van der Waals surface area contributed by atoms with Crippen LogP contribution in [0.2, 0.25) is 0 Å². The third-order valence-corrected chi connectivity index (χ3v) is 6.15. The van der Waals surface area contributed by atoms with Crippen molar-refractivity contribution in [1.29, 1.82) is 0 Å². The van der Waals surface area contributed by atoms with Gasteiger partial charge in [-0.05, 0) is 22.6 Å². The summed E-state index contributed by atoms with van der Waals surface area (Å²) in [4.78, 5) is 14.6. The minimum Gasteiger partial charge on any atom is -0.375 e. The van der Waals surface area contributed by atoms with Crippen LogP contribution in [-0.4, -0.2) is 52.4 Å². The van der Waals surface area contributed by atoms with E-state index in [1.165, 1.54) is 23.8 Å². The second kappa shape index (κ2) is 10.7. The van der Waals surface area contributed by atoms with Gasteiger partial charge in [-0.25, -0.2) is 0 Å². The Bertz CT molecular complexity index is 1050. The molecule has 0 bridgehead atoms. The molecule has 0 saturated heterocycles. The standard InChI is InChI=1S/C26H33N5O2/c1-19(2)25(27-24(32)18-33-3)26-29-28-23-13-14-30(15-16-31(23)26)17-20-9-11-22(12-10-20)21-7-5-4-6-8-21/h4-12,19,25H,13-18H2,1-3H3,(H,27,32). The number of fused-ring (bicyclic) bond motifs is 1. The van der Waals surface area contributed by atoms with Crippen LogP contribution < -0.4 is 5.32 Å². The number of hydrogen-bond acceptors (Lipinski definition) is 5. The van der Waals surface area contributed by atoms with Crippen LogP contribution in [0.4, 0.5) is 0 Å². The fourth-order valence-electron chi connectivity index (χ4n) is 4.34. The predicted molar refractivity (Wildman–Crippen MR) is 128 cm³/mol. The Balaban J connectivity index is 1.42. The predicted octanol–water partition coefficient (Wildman–Crippen LogP) is 3.46. The smallest absolute Gasteiger partial charge is 0.246 e. The molecule has 0 fully saturated rings. The first-order valence-corrected chi connectivity index (χ1v) is 11.6. The number of methoxy groups -OCH3 is 1. The molecule has 1 aliphatic heterocycles. The summed E-state index contributed by atoms with van der Waals surface area (Å²) in [5, 5.41) is 12.0. The van der Waals surface area contributed by atoms with E-state index in [1.54, 1.807) is 0 Å². The molecule has 0 radical (unpaired) electrons. The van der Waals surface area contributed by atoms with E-state index < -0.39 is 0 Å². The summed E-state index contributed by atoms with van der Waals surface area (Å²) in [6, 6.07) is 19.1. The lowest BCUT2D eigenvalue weighted by molar-refractivity contribution is -0.125. The summed E-state index contributed by atoms with van der Waals surface area (Å²) < 4.78 is 7.17. The van der Waals surface area contributed by atoms with Gasteiger partial charge in [-0.3, -0.25) is 9.69 Å². The minimum atomic E-state index is -0.189. The second-order valence-corrected chi connectivity index (χ2v) is 8.94. The molecule has 2 aromatic carbocycles. The van der Waals surface area contributed by atoms with Crippen LogP contribution in [0.5, 0.6) is 0 Å². The number of nitrogens with zero attached hydrogens (tertiary/aromatic N) is 4. The summed E-state index contributed by atoms with van der Waals surface area (Å²) >= 11 is 0. The van der Waals surface area contributed by atoms with Crippen LogP contribution in [0, 0.1) is 5.92 Å². The molecule has 3 aromatic rings. The summed E-state index contributed by atoms with van der Waals surface area (Å²) in [5.74, 6) is 1.88. The largest absolute Gasteiger partial charge is 0.375 e. The number of nitrogens with one attached hydrogen (secondary N) is 1. The van der Waals surface area contributed by atoms with E-state index in [-0.39, 0.29) is 24.5 Å². The van der Waals surface area contributed by atoms with Gasteiger partial charge in [0.25, 0.3) is 0 Å². The van der Waals surface area contributed by atoms with E-state index in [1.807, 2.05) is 6.07 Å². The number of amides is 1. The van der Waals surface area contributed by atoms with E-state index in [2.05, 4.69) is 87.4 Å². The van der Waals surface area contributed by atoms with E-state index in [4.69, 9.17) is 4.74 Å². The maximum atomic E-state index is 12.2. The van der Waals surface area contributed by atoms with Crippen molar-refractivity contribution < 1.29 is 9.53 Å². The summed E-state index contributed by atoms with van der Waals surface area (Å²) in [6.45, 7) is 7.77. The Morgan fingerprint density at radius 3 is 2.42 bits per heavy atom. The fraction of sp³-hybridized carbons (Fsp3) is 0.423. The van der Waals surface area contributed by atoms with Crippen LogP contribution in [-0.2, 0) is 29.0 Å². The van der Waals surface area contributed by atoms with Crippen molar-refractivity contribution in [3.63, 3.8) is 0 Å². The molecule has 0 aliphatic carbocycles. The molecule has 1 atom stereocenters. The zero-order valence-electron chi connectivity index (χ0n) is 19.7. The zero-order valence-corrected chi connectivity index (χ0v) is 19.7. The number of aromatic nitrogens is 3. The quantitative estimate of drug-likeness (QED) is 0.573. The average molecular weight is 448 g/mol. The van der Waals surface area contributed by atoms with Crippen molar-refractivity contribution in [2.24, 2.45) is 5.92 Å². The molecule has 1 N–H and O–H groups in total. The maximum Gasteiger partial charge on any atom is 0.246 e. The Morgan fingerprint density at radius 2 is 1.73 bits per heavy atom. The number of ether oxygens (including phenoxy) is 1. The molecule has 2 heterocycles. The second-order valence-electron chi connectivity index (χ2n) is 8.94. The SMILES string of the molecule is COCC(=O)NC(c1nnc2n1CCN(Cc1ccc(-c3ccccc3)cc1)CC2)C(C)C. The molecule has 7 heteroatoms. The number of carbonyl (C=O) groups is 1. The highest BCUT2D eigenvalue weighted by molar-refractivity contribution is 5.77. The fourth-order valence-corrected chi connectivity index (χ4v) is 4.34. The Labute approximate surface area is 195 Å². The third-order valence-electron chi connectivity index (χ3n) is 6.15. The normalized spacial score (nSPS) is 15.2. The number of rotatable bonds is 8. The van der Waals surface area contributed by atoms with E-state index in [0.717, 1.165) is 44.2 Å². The molecular formula is C26H33N5O2. The zero-order chi connectivity index (χ0) is 23.2. The van der Waals surface area contributed by atoms with Gasteiger partial charge in [0.2, 0.25) is 5.91 Å². The Morgan fingerprint density at radius 1 is 1.00 bits per heavy atom. The summed E-state index contributed by atoms with van der Waals surface area (Å²) in [7, 11) is 1.52. The molecule has 1 amide bonds. The van der Waals surface area contributed by atoms with Gasteiger partial charge in [-0.15, -0.1) is 10.2 Å². The van der Waals surface area contributed by atoms with Crippen molar-refractivity contribution in [2.75, 3.05) is 26.8 Å². The molecule has 1 aliphatic rings.